The van der Waals surface area contributed by atoms with Crippen molar-refractivity contribution >= 4 is 17.7 Å². The van der Waals surface area contributed by atoms with E-state index in [4.69, 9.17) is 10.5 Å². The number of likely N-dealkylation sites (tertiary alicyclic amines) is 1. The standard InChI is InChI=1S/C16H24N2O2S/c17-12-16(19)18-9-4-8-15(13-18)21-11-5-10-20-14-6-2-1-3-7-14/h1-3,6-7,15H,4-5,8-13,17H2. The highest BCUT2D eigenvalue weighted by Gasteiger charge is 2.22. The molecule has 0 radical (unpaired) electrons. The van der Waals surface area contributed by atoms with Gasteiger partial charge in [0.2, 0.25) is 5.91 Å². The summed E-state index contributed by atoms with van der Waals surface area (Å²) in [7, 11) is 0. The van der Waals surface area contributed by atoms with Crippen LogP contribution in [0.1, 0.15) is 19.3 Å². The number of ether oxygens (including phenoxy) is 1. The van der Waals surface area contributed by atoms with Gasteiger partial charge in [-0.2, -0.15) is 11.8 Å². The predicted octanol–water partition coefficient (Wildman–Crippen LogP) is 2.14. The van der Waals surface area contributed by atoms with Crippen LogP contribution in [0.5, 0.6) is 5.75 Å². The van der Waals surface area contributed by atoms with Gasteiger partial charge in [0.05, 0.1) is 13.2 Å². The third kappa shape index (κ3) is 5.59. The van der Waals surface area contributed by atoms with Crippen molar-refractivity contribution in [1.29, 1.82) is 0 Å². The van der Waals surface area contributed by atoms with Gasteiger partial charge in [-0.1, -0.05) is 18.2 Å². The van der Waals surface area contributed by atoms with Crippen molar-refractivity contribution in [3.05, 3.63) is 30.3 Å². The van der Waals surface area contributed by atoms with E-state index in [1.165, 1.54) is 6.42 Å². The third-order valence-corrected chi connectivity index (χ3v) is 4.94. The van der Waals surface area contributed by atoms with E-state index in [0.717, 1.165) is 44.0 Å². The molecule has 1 fully saturated rings. The van der Waals surface area contributed by atoms with Gasteiger partial charge in [0.15, 0.2) is 0 Å². The minimum Gasteiger partial charge on any atom is -0.494 e. The molecule has 0 saturated carbocycles. The molecule has 1 saturated heterocycles. The van der Waals surface area contributed by atoms with E-state index in [1.54, 1.807) is 0 Å². The lowest BCUT2D eigenvalue weighted by Gasteiger charge is -2.32. The Labute approximate surface area is 131 Å². The smallest absolute Gasteiger partial charge is 0.236 e. The van der Waals surface area contributed by atoms with Crippen molar-refractivity contribution in [2.75, 3.05) is 32.0 Å². The Morgan fingerprint density at radius 3 is 2.95 bits per heavy atom. The molecule has 2 rings (SSSR count). The molecular weight excluding hydrogens is 284 g/mol. The number of carbonyl (C=O) groups is 1. The monoisotopic (exact) mass is 308 g/mol. The van der Waals surface area contributed by atoms with Crippen molar-refractivity contribution in [2.24, 2.45) is 5.73 Å². The van der Waals surface area contributed by atoms with Crippen LogP contribution >= 0.6 is 11.8 Å². The molecule has 21 heavy (non-hydrogen) atoms. The zero-order valence-corrected chi connectivity index (χ0v) is 13.2. The van der Waals surface area contributed by atoms with E-state index >= 15 is 0 Å². The number of nitrogens with zero attached hydrogens (tertiary/aromatic N) is 1. The summed E-state index contributed by atoms with van der Waals surface area (Å²) in [5, 5.41) is 0.547. The highest BCUT2D eigenvalue weighted by Crippen LogP contribution is 2.23. The van der Waals surface area contributed by atoms with Gasteiger partial charge in [0, 0.05) is 18.3 Å². The van der Waals surface area contributed by atoms with Crippen LogP contribution in [0, 0.1) is 0 Å². The number of para-hydroxylation sites is 1. The summed E-state index contributed by atoms with van der Waals surface area (Å²) in [6.45, 7) is 2.59. The molecule has 1 atom stereocenters. The summed E-state index contributed by atoms with van der Waals surface area (Å²) in [6.07, 6.45) is 3.31. The van der Waals surface area contributed by atoms with E-state index < -0.39 is 0 Å². The largest absolute Gasteiger partial charge is 0.494 e. The van der Waals surface area contributed by atoms with E-state index in [1.807, 2.05) is 47.0 Å². The van der Waals surface area contributed by atoms with Crippen LogP contribution in [0.3, 0.4) is 0 Å². The van der Waals surface area contributed by atoms with Gasteiger partial charge in [-0.05, 0) is 37.1 Å². The lowest BCUT2D eigenvalue weighted by molar-refractivity contribution is -0.130. The van der Waals surface area contributed by atoms with Crippen molar-refractivity contribution < 1.29 is 9.53 Å². The lowest BCUT2D eigenvalue weighted by Crippen LogP contribution is -2.44. The first kappa shape index (κ1) is 16.2. The minimum atomic E-state index is 0.0766. The van der Waals surface area contributed by atoms with Gasteiger partial charge < -0.3 is 15.4 Å². The number of hydrogen-bond donors (Lipinski definition) is 1. The molecule has 1 aliphatic heterocycles. The molecule has 5 heteroatoms. The van der Waals surface area contributed by atoms with E-state index in [0.29, 0.717) is 5.25 Å². The van der Waals surface area contributed by atoms with Gasteiger partial charge in [-0.3, -0.25) is 4.79 Å². The normalized spacial score (nSPS) is 18.5. The molecule has 0 aliphatic carbocycles. The maximum Gasteiger partial charge on any atom is 0.236 e. The fourth-order valence-corrected chi connectivity index (χ4v) is 3.68. The molecule has 1 aromatic carbocycles. The Bertz CT molecular complexity index is 428. The summed E-state index contributed by atoms with van der Waals surface area (Å²) in [5.41, 5.74) is 5.43. The van der Waals surface area contributed by atoms with Crippen LogP contribution in [0.25, 0.3) is 0 Å². The SMILES string of the molecule is NCC(=O)N1CCCC(SCCCOc2ccccc2)C1. The number of piperidine rings is 1. The van der Waals surface area contributed by atoms with Crippen molar-refractivity contribution in [3.8, 4) is 5.75 Å². The molecule has 0 spiro atoms. The van der Waals surface area contributed by atoms with Gasteiger partial charge in [0.1, 0.15) is 5.75 Å². The van der Waals surface area contributed by atoms with Crippen LogP contribution < -0.4 is 10.5 Å². The Balaban J connectivity index is 1.59. The number of rotatable bonds is 7. The maximum absolute atomic E-state index is 11.6. The highest BCUT2D eigenvalue weighted by molar-refractivity contribution is 7.99. The molecular formula is C16H24N2O2S. The number of thioether (sulfide) groups is 1. The zero-order chi connectivity index (χ0) is 14.9. The average molecular weight is 308 g/mol. The van der Waals surface area contributed by atoms with Crippen molar-refractivity contribution in [1.82, 2.24) is 4.90 Å². The first-order valence-corrected chi connectivity index (χ1v) is 8.62. The molecule has 4 nitrogen and oxygen atoms in total. The second kappa shape index (κ2) is 8.95. The fraction of sp³-hybridized carbons (Fsp3) is 0.562. The molecule has 1 amide bonds. The van der Waals surface area contributed by atoms with Crippen molar-refractivity contribution in [2.45, 2.75) is 24.5 Å². The van der Waals surface area contributed by atoms with Gasteiger partial charge in [0.25, 0.3) is 0 Å². The minimum absolute atomic E-state index is 0.0766. The second-order valence-corrected chi connectivity index (χ2v) is 6.60. The van der Waals surface area contributed by atoms with Gasteiger partial charge >= 0.3 is 0 Å². The quantitative estimate of drug-likeness (QED) is 0.784. The summed E-state index contributed by atoms with van der Waals surface area (Å²) in [6, 6.07) is 9.90. The second-order valence-electron chi connectivity index (χ2n) is 5.19. The van der Waals surface area contributed by atoms with Crippen LogP contribution in [-0.2, 0) is 4.79 Å². The van der Waals surface area contributed by atoms with Crippen LogP contribution in [-0.4, -0.2) is 48.1 Å². The van der Waals surface area contributed by atoms with E-state index in [9.17, 15) is 4.79 Å². The zero-order valence-electron chi connectivity index (χ0n) is 12.4. The van der Waals surface area contributed by atoms with Crippen LogP contribution in [0.4, 0.5) is 0 Å². The maximum atomic E-state index is 11.6. The number of hydrogen-bond acceptors (Lipinski definition) is 4. The first-order valence-electron chi connectivity index (χ1n) is 7.57. The third-order valence-electron chi connectivity index (χ3n) is 3.56. The van der Waals surface area contributed by atoms with Crippen LogP contribution in [0.2, 0.25) is 0 Å². The van der Waals surface area contributed by atoms with Gasteiger partial charge in [-0.15, -0.1) is 0 Å². The first-order chi connectivity index (χ1) is 10.3. The average Bonchev–Trinajstić information content (AvgIpc) is 2.55. The molecule has 1 heterocycles. The number of benzene rings is 1. The predicted molar refractivity (Wildman–Crippen MR) is 87.7 cm³/mol. The molecule has 0 aromatic heterocycles. The summed E-state index contributed by atoms with van der Waals surface area (Å²) >= 11 is 1.95. The number of amides is 1. The van der Waals surface area contributed by atoms with E-state index in [2.05, 4.69) is 0 Å². The number of nitrogens with two attached hydrogens (primary N) is 1. The Kier molecular flexibility index (Phi) is 6.89. The molecule has 1 aliphatic rings. The summed E-state index contributed by atoms with van der Waals surface area (Å²) in [4.78, 5) is 13.5. The van der Waals surface area contributed by atoms with Gasteiger partial charge in [-0.25, -0.2) is 0 Å². The molecule has 116 valence electrons. The molecule has 1 aromatic rings. The number of carbonyl (C=O) groups excluding carboxylic acids is 1. The Hall–Kier alpha value is -1.20. The summed E-state index contributed by atoms with van der Waals surface area (Å²) < 4.78 is 5.68. The molecule has 1 unspecified atom stereocenters. The topological polar surface area (TPSA) is 55.6 Å². The Morgan fingerprint density at radius 1 is 1.38 bits per heavy atom. The lowest BCUT2D eigenvalue weighted by atomic mass is 10.1. The van der Waals surface area contributed by atoms with E-state index in [-0.39, 0.29) is 12.5 Å². The summed E-state index contributed by atoms with van der Waals surface area (Å²) in [5.74, 6) is 2.08. The highest BCUT2D eigenvalue weighted by atomic mass is 32.2. The Morgan fingerprint density at radius 2 is 2.19 bits per heavy atom. The van der Waals surface area contributed by atoms with Crippen LogP contribution in [0.15, 0.2) is 30.3 Å². The fourth-order valence-electron chi connectivity index (χ4n) is 2.45. The molecule has 2 N–H and O–H groups in total. The molecule has 0 bridgehead atoms. The van der Waals surface area contributed by atoms with Crippen molar-refractivity contribution in [3.63, 3.8) is 0 Å².